The fourth-order valence-electron chi connectivity index (χ4n) is 4.55. The van der Waals surface area contributed by atoms with Gasteiger partial charge in [-0.3, -0.25) is 9.59 Å². The van der Waals surface area contributed by atoms with Crippen LogP contribution < -0.4 is 0 Å². The lowest BCUT2D eigenvalue weighted by Gasteiger charge is -2.29. The summed E-state index contributed by atoms with van der Waals surface area (Å²) in [5.41, 5.74) is 1.05. The Labute approximate surface area is 229 Å². The van der Waals surface area contributed by atoms with E-state index in [4.69, 9.17) is 0 Å². The molecule has 0 unspecified atom stereocenters. The van der Waals surface area contributed by atoms with Gasteiger partial charge in [0.2, 0.25) is 5.91 Å². The van der Waals surface area contributed by atoms with E-state index in [-0.39, 0.29) is 36.9 Å². The molecule has 1 aliphatic heterocycles. The van der Waals surface area contributed by atoms with E-state index in [2.05, 4.69) is 4.90 Å². The zero-order chi connectivity index (χ0) is 28.0. The highest BCUT2D eigenvalue weighted by Crippen LogP contribution is 2.29. The van der Waals surface area contributed by atoms with E-state index in [9.17, 15) is 27.2 Å². The van der Waals surface area contributed by atoms with Gasteiger partial charge in [0.15, 0.2) is 0 Å². The number of alkyl halides is 3. The van der Waals surface area contributed by atoms with Crippen molar-refractivity contribution in [2.24, 2.45) is 0 Å². The molecule has 5 nitrogen and oxygen atoms in total. The summed E-state index contributed by atoms with van der Waals surface area (Å²) in [5, 5.41) is 1.95. The Kier molecular flexibility index (Phi) is 9.40. The maximum absolute atomic E-state index is 13.7. The third kappa shape index (κ3) is 7.89. The topological polar surface area (TPSA) is 43.9 Å². The molecule has 3 aromatic rings. The number of carbonyl (C=O) groups is 2. The zero-order valence-corrected chi connectivity index (χ0v) is 22.5. The first-order chi connectivity index (χ1) is 18.6. The Morgan fingerprint density at radius 1 is 0.923 bits per heavy atom. The molecule has 1 aromatic heterocycles. The van der Waals surface area contributed by atoms with Gasteiger partial charge in [0, 0.05) is 30.1 Å². The predicted octanol–water partition coefficient (Wildman–Crippen LogP) is 5.98. The summed E-state index contributed by atoms with van der Waals surface area (Å²) < 4.78 is 52.6. The van der Waals surface area contributed by atoms with Crippen LogP contribution in [0.1, 0.15) is 44.8 Å². The maximum atomic E-state index is 13.7. The molecule has 208 valence electrons. The van der Waals surface area contributed by atoms with Crippen molar-refractivity contribution in [3.05, 3.63) is 92.9 Å². The zero-order valence-electron chi connectivity index (χ0n) is 21.7. The molecule has 0 spiro atoms. The van der Waals surface area contributed by atoms with Gasteiger partial charge in [-0.15, -0.1) is 11.3 Å². The van der Waals surface area contributed by atoms with E-state index < -0.39 is 17.6 Å². The molecule has 0 aliphatic carbocycles. The van der Waals surface area contributed by atoms with E-state index in [1.165, 1.54) is 28.4 Å². The van der Waals surface area contributed by atoms with Crippen LogP contribution in [0.15, 0.2) is 60.0 Å². The number of rotatable bonds is 10. The fourth-order valence-corrected chi connectivity index (χ4v) is 5.47. The highest BCUT2D eigenvalue weighted by atomic mass is 32.1. The smallest absolute Gasteiger partial charge is 0.332 e. The SMILES string of the molecule is Cc1ccsc1CN(Cc1ccc(F)cc1)C(=O)CN(CCN1CCCC1)C(=O)c1ccc(C(F)(F)F)cc1. The van der Waals surface area contributed by atoms with E-state index in [0.29, 0.717) is 13.1 Å². The Morgan fingerprint density at radius 2 is 1.59 bits per heavy atom. The van der Waals surface area contributed by atoms with Gasteiger partial charge in [0.05, 0.1) is 12.1 Å². The monoisotopic (exact) mass is 561 g/mol. The Balaban J connectivity index is 1.55. The molecule has 0 N–H and O–H groups in total. The molecule has 0 saturated carbocycles. The number of hydrogen-bond acceptors (Lipinski definition) is 4. The summed E-state index contributed by atoms with van der Waals surface area (Å²) in [4.78, 5) is 33.4. The normalized spacial score (nSPS) is 14.0. The van der Waals surface area contributed by atoms with Crippen molar-refractivity contribution in [1.82, 2.24) is 14.7 Å². The number of hydrogen-bond donors (Lipinski definition) is 0. The van der Waals surface area contributed by atoms with Gasteiger partial charge in [-0.25, -0.2) is 4.39 Å². The van der Waals surface area contributed by atoms with Crippen LogP contribution in [0, 0.1) is 12.7 Å². The van der Waals surface area contributed by atoms with Crippen molar-refractivity contribution in [2.45, 2.75) is 39.0 Å². The molecule has 0 atom stereocenters. The number of thiophene rings is 1. The van der Waals surface area contributed by atoms with Crippen LogP contribution in [0.4, 0.5) is 17.6 Å². The molecule has 4 rings (SSSR count). The van der Waals surface area contributed by atoms with Crippen LogP contribution in [0.3, 0.4) is 0 Å². The van der Waals surface area contributed by atoms with Crippen LogP contribution in [0.25, 0.3) is 0 Å². The number of nitrogens with zero attached hydrogens (tertiary/aromatic N) is 3. The number of halogens is 4. The van der Waals surface area contributed by atoms with Crippen LogP contribution in [-0.4, -0.2) is 59.2 Å². The molecule has 10 heteroatoms. The van der Waals surface area contributed by atoms with Crippen LogP contribution in [-0.2, 0) is 24.1 Å². The Bertz CT molecular complexity index is 1250. The van der Waals surface area contributed by atoms with Crippen molar-refractivity contribution >= 4 is 23.2 Å². The average molecular weight is 562 g/mol. The lowest BCUT2D eigenvalue weighted by atomic mass is 10.1. The average Bonchev–Trinajstić information content (AvgIpc) is 3.58. The quantitative estimate of drug-likeness (QED) is 0.286. The number of carbonyl (C=O) groups excluding carboxylic acids is 2. The fraction of sp³-hybridized carbons (Fsp3) is 0.379. The standard InChI is InChI=1S/C29H31F4N3O2S/c1-21-12-17-39-26(21)19-36(18-22-4-10-25(30)11-5-22)27(37)20-35(16-15-34-13-2-3-14-34)28(38)23-6-8-24(9-7-23)29(31,32)33/h4-12,17H,2-3,13-16,18-20H2,1H3. The third-order valence-corrected chi connectivity index (χ3v) is 7.91. The molecular formula is C29H31F4N3O2S. The minimum absolute atomic E-state index is 0.0939. The third-order valence-electron chi connectivity index (χ3n) is 6.90. The number of aryl methyl sites for hydroxylation is 1. The van der Waals surface area contributed by atoms with Gasteiger partial charge in [-0.1, -0.05) is 12.1 Å². The second-order valence-electron chi connectivity index (χ2n) is 9.75. The first kappa shape index (κ1) is 28.8. The van der Waals surface area contributed by atoms with Gasteiger partial charge in [0.1, 0.15) is 12.4 Å². The van der Waals surface area contributed by atoms with E-state index in [0.717, 1.165) is 66.2 Å². The molecule has 2 heterocycles. The van der Waals surface area contributed by atoms with Gasteiger partial charge in [-0.2, -0.15) is 13.2 Å². The molecule has 2 amide bonds. The number of benzene rings is 2. The summed E-state index contributed by atoms with van der Waals surface area (Å²) in [7, 11) is 0. The van der Waals surface area contributed by atoms with Crippen LogP contribution in [0.2, 0.25) is 0 Å². The summed E-state index contributed by atoms with van der Waals surface area (Å²) in [6.45, 7) is 4.95. The van der Waals surface area contributed by atoms with Crippen LogP contribution >= 0.6 is 11.3 Å². The maximum Gasteiger partial charge on any atom is 0.416 e. The summed E-state index contributed by atoms with van der Waals surface area (Å²) in [5.74, 6) is -1.17. The predicted molar refractivity (Wildman–Crippen MR) is 143 cm³/mol. The molecule has 1 aliphatic rings. The summed E-state index contributed by atoms with van der Waals surface area (Å²) in [6, 6.07) is 12.0. The summed E-state index contributed by atoms with van der Waals surface area (Å²) >= 11 is 1.53. The molecule has 0 radical (unpaired) electrons. The Morgan fingerprint density at radius 3 is 2.18 bits per heavy atom. The van der Waals surface area contributed by atoms with Crippen LogP contribution in [0.5, 0.6) is 0 Å². The van der Waals surface area contributed by atoms with Gasteiger partial charge < -0.3 is 14.7 Å². The van der Waals surface area contributed by atoms with Crippen molar-refractivity contribution < 1.29 is 27.2 Å². The first-order valence-corrected chi connectivity index (χ1v) is 13.7. The minimum atomic E-state index is -4.51. The van der Waals surface area contributed by atoms with E-state index in [1.54, 1.807) is 17.0 Å². The minimum Gasteiger partial charge on any atom is -0.332 e. The lowest BCUT2D eigenvalue weighted by Crippen LogP contribution is -2.45. The van der Waals surface area contributed by atoms with E-state index in [1.807, 2.05) is 18.4 Å². The Hall–Kier alpha value is -3.24. The van der Waals surface area contributed by atoms with Gasteiger partial charge in [0.25, 0.3) is 5.91 Å². The molecular weight excluding hydrogens is 530 g/mol. The highest BCUT2D eigenvalue weighted by molar-refractivity contribution is 7.10. The molecule has 1 saturated heterocycles. The second kappa shape index (κ2) is 12.7. The van der Waals surface area contributed by atoms with Crippen molar-refractivity contribution in [1.29, 1.82) is 0 Å². The van der Waals surface area contributed by atoms with Gasteiger partial charge >= 0.3 is 6.18 Å². The highest BCUT2D eigenvalue weighted by Gasteiger charge is 2.31. The molecule has 0 bridgehead atoms. The second-order valence-corrected chi connectivity index (χ2v) is 10.8. The number of likely N-dealkylation sites (tertiary alicyclic amines) is 1. The molecule has 39 heavy (non-hydrogen) atoms. The van der Waals surface area contributed by atoms with Crippen molar-refractivity contribution in [3.8, 4) is 0 Å². The summed E-state index contributed by atoms with van der Waals surface area (Å²) in [6.07, 6.45) is -2.37. The largest absolute Gasteiger partial charge is 0.416 e. The van der Waals surface area contributed by atoms with Gasteiger partial charge in [-0.05, 0) is 91.8 Å². The molecule has 1 fully saturated rings. The molecule has 2 aromatic carbocycles. The van der Waals surface area contributed by atoms with E-state index >= 15 is 0 Å². The van der Waals surface area contributed by atoms with Crippen molar-refractivity contribution in [2.75, 3.05) is 32.7 Å². The lowest BCUT2D eigenvalue weighted by molar-refractivity contribution is -0.137. The number of amides is 2. The first-order valence-electron chi connectivity index (χ1n) is 12.8. The van der Waals surface area contributed by atoms with Crippen molar-refractivity contribution in [3.63, 3.8) is 0 Å².